The summed E-state index contributed by atoms with van der Waals surface area (Å²) >= 11 is 0. The molecule has 8 heteroatoms. The summed E-state index contributed by atoms with van der Waals surface area (Å²) in [5.74, 6) is -0.159. The summed E-state index contributed by atoms with van der Waals surface area (Å²) in [6.45, 7) is 5.18. The maximum absolute atomic E-state index is 13.5. The lowest BCUT2D eigenvalue weighted by atomic mass is 10.0. The van der Waals surface area contributed by atoms with E-state index in [2.05, 4.69) is 15.5 Å². The van der Waals surface area contributed by atoms with Gasteiger partial charge >= 0.3 is 0 Å². The van der Waals surface area contributed by atoms with Crippen LogP contribution in [0, 0.1) is 12.7 Å². The maximum atomic E-state index is 13.5. The molecule has 7 nitrogen and oxygen atoms in total. The molecule has 1 N–H and O–H groups in total. The van der Waals surface area contributed by atoms with E-state index in [0.29, 0.717) is 23.6 Å². The van der Waals surface area contributed by atoms with Gasteiger partial charge in [0, 0.05) is 35.5 Å². The SMILES string of the molecule is CCn1ncc(-c2cc(C(=O)Nc3ccn(Cc4cccc(F)c4)n3)c3ccccc3n2)c1C. The van der Waals surface area contributed by atoms with Crippen LogP contribution in [0.1, 0.15) is 28.5 Å². The molecule has 3 aromatic heterocycles. The van der Waals surface area contributed by atoms with E-state index in [4.69, 9.17) is 4.98 Å². The Morgan fingerprint density at radius 3 is 2.74 bits per heavy atom. The number of nitrogens with zero attached hydrogens (tertiary/aromatic N) is 5. The van der Waals surface area contributed by atoms with Crippen molar-refractivity contribution in [3.8, 4) is 11.3 Å². The number of anilines is 1. The minimum atomic E-state index is -0.293. The number of pyridine rings is 1. The number of nitrogens with one attached hydrogen (secondary N) is 1. The van der Waals surface area contributed by atoms with Crippen molar-refractivity contribution in [1.82, 2.24) is 24.5 Å². The van der Waals surface area contributed by atoms with Gasteiger partial charge in [-0.05, 0) is 43.7 Å². The van der Waals surface area contributed by atoms with E-state index in [1.54, 1.807) is 35.3 Å². The molecule has 0 fully saturated rings. The molecule has 0 atom stereocenters. The van der Waals surface area contributed by atoms with Crippen molar-refractivity contribution >= 4 is 22.6 Å². The van der Waals surface area contributed by atoms with Crippen LogP contribution in [-0.4, -0.2) is 30.5 Å². The monoisotopic (exact) mass is 454 g/mol. The van der Waals surface area contributed by atoms with Gasteiger partial charge < -0.3 is 5.32 Å². The van der Waals surface area contributed by atoms with Gasteiger partial charge in [0.1, 0.15) is 5.82 Å². The lowest BCUT2D eigenvalue weighted by Gasteiger charge is -2.10. The van der Waals surface area contributed by atoms with Crippen LogP contribution in [0.15, 0.2) is 73.1 Å². The number of halogens is 1. The summed E-state index contributed by atoms with van der Waals surface area (Å²) in [5, 5.41) is 12.5. The molecule has 1 amide bonds. The highest BCUT2D eigenvalue weighted by Crippen LogP contribution is 2.27. The Kier molecular flexibility index (Phi) is 5.63. The number of hydrogen-bond donors (Lipinski definition) is 1. The Morgan fingerprint density at radius 1 is 1.09 bits per heavy atom. The van der Waals surface area contributed by atoms with Crippen LogP contribution in [0.25, 0.3) is 22.2 Å². The first-order valence-electron chi connectivity index (χ1n) is 11.0. The van der Waals surface area contributed by atoms with Crippen LogP contribution in [-0.2, 0) is 13.1 Å². The molecular weight excluding hydrogens is 431 g/mol. The Hall–Kier alpha value is -4.33. The highest BCUT2D eigenvalue weighted by molar-refractivity contribution is 6.12. The van der Waals surface area contributed by atoms with Gasteiger partial charge in [-0.25, -0.2) is 9.37 Å². The summed E-state index contributed by atoms with van der Waals surface area (Å²) in [7, 11) is 0. The first kappa shape index (κ1) is 21.5. The molecule has 0 aliphatic heterocycles. The number of para-hydroxylation sites is 1. The van der Waals surface area contributed by atoms with Crippen LogP contribution in [0.5, 0.6) is 0 Å². The average molecular weight is 455 g/mol. The fourth-order valence-electron chi connectivity index (χ4n) is 4.04. The zero-order valence-corrected chi connectivity index (χ0v) is 18.9. The van der Waals surface area contributed by atoms with Gasteiger partial charge in [-0.1, -0.05) is 30.3 Å². The lowest BCUT2D eigenvalue weighted by molar-refractivity contribution is 0.102. The third kappa shape index (κ3) is 4.17. The second-order valence-electron chi connectivity index (χ2n) is 8.01. The smallest absolute Gasteiger partial charge is 0.257 e. The molecule has 0 spiro atoms. The normalized spacial score (nSPS) is 11.1. The van der Waals surface area contributed by atoms with Crippen molar-refractivity contribution in [3.63, 3.8) is 0 Å². The summed E-state index contributed by atoms with van der Waals surface area (Å²) in [4.78, 5) is 18.1. The van der Waals surface area contributed by atoms with Gasteiger partial charge in [0.2, 0.25) is 0 Å². The number of carbonyl (C=O) groups is 1. The molecule has 0 saturated carbocycles. The number of aryl methyl sites for hydroxylation is 1. The van der Waals surface area contributed by atoms with Crippen molar-refractivity contribution in [1.29, 1.82) is 0 Å². The summed E-state index contributed by atoms with van der Waals surface area (Å²) in [6.07, 6.45) is 3.53. The van der Waals surface area contributed by atoms with Gasteiger partial charge in [-0.15, -0.1) is 0 Å². The van der Waals surface area contributed by atoms with E-state index in [1.165, 1.54) is 12.1 Å². The molecule has 0 bridgehead atoms. The van der Waals surface area contributed by atoms with E-state index < -0.39 is 0 Å². The number of rotatable bonds is 6. The number of benzene rings is 2. The first-order chi connectivity index (χ1) is 16.5. The molecule has 0 aliphatic rings. The molecule has 5 aromatic rings. The Balaban J connectivity index is 1.45. The van der Waals surface area contributed by atoms with E-state index in [9.17, 15) is 9.18 Å². The fraction of sp³-hybridized carbons (Fsp3) is 0.154. The second-order valence-corrected chi connectivity index (χ2v) is 8.01. The van der Waals surface area contributed by atoms with Crippen LogP contribution < -0.4 is 5.32 Å². The van der Waals surface area contributed by atoms with Crippen LogP contribution in [0.2, 0.25) is 0 Å². The Labute approximate surface area is 195 Å². The minimum absolute atomic E-state index is 0.281. The first-order valence-corrected chi connectivity index (χ1v) is 11.0. The van der Waals surface area contributed by atoms with E-state index in [1.807, 2.05) is 48.9 Å². The predicted molar refractivity (Wildman–Crippen MR) is 129 cm³/mol. The van der Waals surface area contributed by atoms with Gasteiger partial charge in [-0.3, -0.25) is 14.2 Å². The van der Waals surface area contributed by atoms with Gasteiger partial charge in [-0.2, -0.15) is 10.2 Å². The predicted octanol–water partition coefficient (Wildman–Crippen LogP) is 5.06. The maximum Gasteiger partial charge on any atom is 0.257 e. The van der Waals surface area contributed by atoms with Gasteiger partial charge in [0.15, 0.2) is 5.82 Å². The van der Waals surface area contributed by atoms with Crippen molar-refractivity contribution in [2.24, 2.45) is 0 Å². The average Bonchev–Trinajstić information content (AvgIpc) is 3.43. The zero-order valence-electron chi connectivity index (χ0n) is 18.9. The number of amides is 1. The third-order valence-electron chi connectivity index (χ3n) is 5.76. The quantitative estimate of drug-likeness (QED) is 0.389. The Bertz CT molecular complexity index is 1500. The standard InChI is InChI=1S/C26H23FN6O/c1-3-33-17(2)22(15-28-33)24-14-21(20-9-4-5-10-23(20)29-24)26(34)30-25-11-12-32(31-25)16-18-7-6-8-19(27)13-18/h4-15H,3,16H2,1-2H3,(H,30,31,34). The van der Waals surface area contributed by atoms with Crippen molar-refractivity contribution in [2.75, 3.05) is 5.32 Å². The number of fused-ring (bicyclic) bond motifs is 1. The Morgan fingerprint density at radius 2 is 1.94 bits per heavy atom. The topological polar surface area (TPSA) is 77.6 Å². The highest BCUT2D eigenvalue weighted by Gasteiger charge is 2.17. The van der Waals surface area contributed by atoms with E-state index >= 15 is 0 Å². The van der Waals surface area contributed by atoms with E-state index in [-0.39, 0.29) is 11.7 Å². The second kappa shape index (κ2) is 8.90. The molecule has 2 aromatic carbocycles. The largest absolute Gasteiger partial charge is 0.305 e. The van der Waals surface area contributed by atoms with Crippen molar-refractivity contribution in [2.45, 2.75) is 26.9 Å². The molecule has 0 aliphatic carbocycles. The molecule has 5 rings (SSSR count). The molecule has 0 radical (unpaired) electrons. The zero-order chi connectivity index (χ0) is 23.7. The minimum Gasteiger partial charge on any atom is -0.305 e. The van der Waals surface area contributed by atoms with Crippen LogP contribution in [0.3, 0.4) is 0 Å². The molecule has 0 saturated heterocycles. The van der Waals surface area contributed by atoms with Crippen LogP contribution >= 0.6 is 0 Å². The van der Waals surface area contributed by atoms with Crippen LogP contribution in [0.4, 0.5) is 10.2 Å². The number of carbonyl (C=O) groups excluding carboxylic acids is 1. The summed E-state index contributed by atoms with van der Waals surface area (Å²) in [5.41, 5.74) is 4.59. The van der Waals surface area contributed by atoms with Gasteiger partial charge in [0.05, 0.1) is 29.5 Å². The molecule has 170 valence electrons. The van der Waals surface area contributed by atoms with Crippen molar-refractivity contribution < 1.29 is 9.18 Å². The third-order valence-corrected chi connectivity index (χ3v) is 5.76. The lowest BCUT2D eigenvalue weighted by Crippen LogP contribution is -2.14. The van der Waals surface area contributed by atoms with Crippen molar-refractivity contribution in [3.05, 3.63) is 95.7 Å². The fourth-order valence-corrected chi connectivity index (χ4v) is 4.04. The van der Waals surface area contributed by atoms with Gasteiger partial charge in [0.25, 0.3) is 5.91 Å². The molecule has 34 heavy (non-hydrogen) atoms. The summed E-state index contributed by atoms with van der Waals surface area (Å²) in [6, 6.07) is 17.4. The molecular formula is C26H23FN6O. The number of hydrogen-bond acceptors (Lipinski definition) is 4. The number of aromatic nitrogens is 5. The highest BCUT2D eigenvalue weighted by atomic mass is 19.1. The molecule has 0 unspecified atom stereocenters. The summed E-state index contributed by atoms with van der Waals surface area (Å²) < 4.78 is 17.0. The van der Waals surface area contributed by atoms with E-state index in [0.717, 1.165) is 34.3 Å². The molecule has 3 heterocycles.